The van der Waals surface area contributed by atoms with Crippen molar-refractivity contribution in [2.24, 2.45) is 4.99 Å². The van der Waals surface area contributed by atoms with E-state index in [1.165, 1.54) is 17.7 Å². The average molecular weight is 536 g/mol. The molecule has 0 radical (unpaired) electrons. The second-order valence-corrected chi connectivity index (χ2v) is 6.51. The van der Waals surface area contributed by atoms with Crippen LogP contribution in [0.3, 0.4) is 0 Å². The Bertz CT molecular complexity index is 949. The zero-order valence-corrected chi connectivity index (χ0v) is 19.8. The Balaban J connectivity index is 0.00000341. The summed E-state index contributed by atoms with van der Waals surface area (Å²) >= 11 is 0. The highest BCUT2D eigenvalue weighted by atomic mass is 127. The topological polar surface area (TPSA) is 67.8 Å². The van der Waals surface area contributed by atoms with Crippen molar-refractivity contribution in [3.8, 4) is 17.4 Å². The van der Waals surface area contributed by atoms with Crippen LogP contribution in [0.15, 0.2) is 71.9 Å². The molecule has 0 aliphatic heterocycles. The number of aliphatic imine (C=N–C) groups is 1. The van der Waals surface area contributed by atoms with Crippen molar-refractivity contribution in [2.45, 2.75) is 13.0 Å². The van der Waals surface area contributed by atoms with Crippen molar-refractivity contribution in [3.05, 3.63) is 83.8 Å². The van der Waals surface area contributed by atoms with Crippen molar-refractivity contribution in [1.82, 2.24) is 15.6 Å². The Morgan fingerprint density at radius 1 is 0.935 bits per heavy atom. The molecule has 164 valence electrons. The number of guanidine groups is 1. The van der Waals surface area contributed by atoms with E-state index in [0.717, 1.165) is 30.2 Å². The van der Waals surface area contributed by atoms with Gasteiger partial charge in [-0.2, -0.15) is 0 Å². The summed E-state index contributed by atoms with van der Waals surface area (Å²) in [7, 11) is 3.40. The van der Waals surface area contributed by atoms with Crippen LogP contribution < -0.4 is 20.1 Å². The normalized spacial score (nSPS) is 10.7. The van der Waals surface area contributed by atoms with E-state index in [1.807, 2.05) is 18.2 Å². The Hall–Kier alpha value is -2.88. The first kappa shape index (κ1) is 24.4. The minimum absolute atomic E-state index is 0. The number of nitrogens with one attached hydrogen (secondary N) is 2. The summed E-state index contributed by atoms with van der Waals surface area (Å²) in [6.45, 7) is 1.33. The number of nitrogens with zero attached hydrogens (tertiary/aromatic N) is 2. The Kier molecular flexibility index (Phi) is 10.0. The molecule has 2 N–H and O–H groups in total. The molecule has 0 atom stereocenters. The van der Waals surface area contributed by atoms with E-state index in [-0.39, 0.29) is 29.8 Å². The van der Waals surface area contributed by atoms with Crippen molar-refractivity contribution in [2.75, 3.05) is 20.7 Å². The quantitative estimate of drug-likeness (QED) is 0.251. The number of hydrogen-bond acceptors (Lipinski definition) is 4. The van der Waals surface area contributed by atoms with Crippen LogP contribution >= 0.6 is 24.0 Å². The van der Waals surface area contributed by atoms with E-state index >= 15 is 0 Å². The summed E-state index contributed by atoms with van der Waals surface area (Å²) in [6, 6.07) is 17.5. The smallest absolute Gasteiger partial charge is 0.219 e. The first-order valence-electron chi connectivity index (χ1n) is 9.62. The predicted molar refractivity (Wildman–Crippen MR) is 131 cm³/mol. The van der Waals surface area contributed by atoms with E-state index in [0.29, 0.717) is 18.2 Å². The summed E-state index contributed by atoms with van der Waals surface area (Å²) in [5.41, 5.74) is 2.21. The zero-order valence-electron chi connectivity index (χ0n) is 17.5. The highest BCUT2D eigenvalue weighted by Gasteiger charge is 2.02. The van der Waals surface area contributed by atoms with Crippen LogP contribution in [-0.4, -0.2) is 31.6 Å². The molecule has 1 aromatic heterocycles. The maximum absolute atomic E-state index is 13.0. The molecule has 0 saturated carbocycles. The summed E-state index contributed by atoms with van der Waals surface area (Å²) < 4.78 is 23.7. The number of methoxy groups -OCH3 is 1. The van der Waals surface area contributed by atoms with Crippen LogP contribution in [0.25, 0.3) is 0 Å². The molecule has 1 heterocycles. The Labute approximate surface area is 198 Å². The molecule has 2 aromatic carbocycles. The molecule has 0 amide bonds. The molecule has 0 aliphatic carbocycles. The molecule has 0 fully saturated rings. The summed E-state index contributed by atoms with van der Waals surface area (Å²) in [6.07, 6.45) is 2.61. The van der Waals surface area contributed by atoms with Gasteiger partial charge in [0.2, 0.25) is 5.88 Å². The van der Waals surface area contributed by atoms with Crippen LogP contribution in [0, 0.1) is 5.82 Å². The lowest BCUT2D eigenvalue weighted by atomic mass is 10.1. The van der Waals surface area contributed by atoms with Crippen LogP contribution in [0.4, 0.5) is 4.39 Å². The largest absolute Gasteiger partial charge is 0.497 e. The Morgan fingerprint density at radius 2 is 1.61 bits per heavy atom. The lowest BCUT2D eigenvalue weighted by Crippen LogP contribution is -2.37. The molecule has 0 saturated heterocycles. The SMILES string of the molecule is CN=C(NCCc1ccc(OC)cc1)NCc1ccc(Oc2ccc(F)cc2)nc1.I. The van der Waals surface area contributed by atoms with E-state index in [1.54, 1.807) is 38.6 Å². The molecule has 3 aromatic rings. The van der Waals surface area contributed by atoms with E-state index in [9.17, 15) is 4.39 Å². The van der Waals surface area contributed by atoms with Gasteiger partial charge in [0.1, 0.15) is 17.3 Å². The van der Waals surface area contributed by atoms with Gasteiger partial charge < -0.3 is 20.1 Å². The van der Waals surface area contributed by atoms with Crippen LogP contribution in [0.5, 0.6) is 17.4 Å². The number of pyridine rings is 1. The third-order valence-electron chi connectivity index (χ3n) is 4.38. The summed E-state index contributed by atoms with van der Waals surface area (Å²) in [5.74, 6) is 2.26. The van der Waals surface area contributed by atoms with Gasteiger partial charge in [-0.3, -0.25) is 4.99 Å². The molecule has 0 unspecified atom stereocenters. The first-order valence-corrected chi connectivity index (χ1v) is 9.62. The second kappa shape index (κ2) is 12.7. The van der Waals surface area contributed by atoms with E-state index in [2.05, 4.69) is 32.7 Å². The molecule has 3 rings (SSSR count). The number of ether oxygens (including phenoxy) is 2. The van der Waals surface area contributed by atoms with Gasteiger partial charge in [-0.15, -0.1) is 24.0 Å². The number of halogens is 2. The third kappa shape index (κ3) is 8.05. The second-order valence-electron chi connectivity index (χ2n) is 6.51. The van der Waals surface area contributed by atoms with Gasteiger partial charge in [-0.1, -0.05) is 18.2 Å². The van der Waals surface area contributed by atoms with Crippen molar-refractivity contribution < 1.29 is 13.9 Å². The standard InChI is InChI=1S/C23H25FN4O2.HI/c1-25-23(26-14-13-17-3-8-20(29-2)9-4-17)28-16-18-5-12-22(27-15-18)30-21-10-6-19(24)7-11-21;/h3-12,15H,13-14,16H2,1-2H3,(H2,25,26,28);1H. The molecule has 0 aliphatic rings. The number of benzene rings is 2. The average Bonchev–Trinajstić information content (AvgIpc) is 2.79. The summed E-state index contributed by atoms with van der Waals surface area (Å²) in [5, 5.41) is 6.56. The third-order valence-corrected chi connectivity index (χ3v) is 4.38. The van der Waals surface area contributed by atoms with Gasteiger partial charge in [0.05, 0.1) is 7.11 Å². The monoisotopic (exact) mass is 536 g/mol. The van der Waals surface area contributed by atoms with Crippen molar-refractivity contribution in [3.63, 3.8) is 0 Å². The van der Waals surface area contributed by atoms with E-state index < -0.39 is 0 Å². The van der Waals surface area contributed by atoms with Gasteiger partial charge in [0.15, 0.2) is 5.96 Å². The minimum Gasteiger partial charge on any atom is -0.497 e. The number of rotatable bonds is 8. The fraction of sp³-hybridized carbons (Fsp3) is 0.217. The van der Waals surface area contributed by atoms with Crippen LogP contribution in [0.1, 0.15) is 11.1 Å². The highest BCUT2D eigenvalue weighted by Crippen LogP contribution is 2.19. The molecule has 31 heavy (non-hydrogen) atoms. The van der Waals surface area contributed by atoms with Gasteiger partial charge in [0, 0.05) is 32.4 Å². The number of aromatic nitrogens is 1. The van der Waals surface area contributed by atoms with Gasteiger partial charge in [-0.05, 0) is 53.9 Å². The fourth-order valence-corrected chi connectivity index (χ4v) is 2.72. The molecular weight excluding hydrogens is 510 g/mol. The molecular formula is C23H26FIN4O2. The van der Waals surface area contributed by atoms with Crippen molar-refractivity contribution in [1.29, 1.82) is 0 Å². The van der Waals surface area contributed by atoms with Gasteiger partial charge in [0.25, 0.3) is 0 Å². The predicted octanol–water partition coefficient (Wildman–Crippen LogP) is 4.55. The lowest BCUT2D eigenvalue weighted by molar-refractivity contribution is 0.414. The highest BCUT2D eigenvalue weighted by molar-refractivity contribution is 14.0. The maximum atomic E-state index is 13.0. The van der Waals surface area contributed by atoms with Crippen molar-refractivity contribution >= 4 is 29.9 Å². The first-order chi connectivity index (χ1) is 14.7. The summed E-state index contributed by atoms with van der Waals surface area (Å²) in [4.78, 5) is 8.53. The molecule has 0 spiro atoms. The van der Waals surface area contributed by atoms with Crippen LogP contribution in [0.2, 0.25) is 0 Å². The molecule has 8 heteroatoms. The minimum atomic E-state index is -0.303. The van der Waals surface area contributed by atoms with Crippen LogP contribution in [-0.2, 0) is 13.0 Å². The van der Waals surface area contributed by atoms with Gasteiger partial charge in [-0.25, -0.2) is 9.37 Å². The number of hydrogen-bond donors (Lipinski definition) is 2. The molecule has 0 bridgehead atoms. The van der Waals surface area contributed by atoms with Gasteiger partial charge >= 0.3 is 0 Å². The Morgan fingerprint density at radius 3 is 2.23 bits per heavy atom. The maximum Gasteiger partial charge on any atom is 0.219 e. The molecule has 6 nitrogen and oxygen atoms in total. The lowest BCUT2D eigenvalue weighted by Gasteiger charge is -2.12. The van der Waals surface area contributed by atoms with E-state index in [4.69, 9.17) is 9.47 Å². The zero-order chi connectivity index (χ0) is 21.2. The fourth-order valence-electron chi connectivity index (χ4n) is 2.72.